The molecule has 0 unspecified atom stereocenters. The minimum absolute atomic E-state index is 0.0627. The number of aliphatic imine (C=N–C) groups is 2. The van der Waals surface area contributed by atoms with Crippen molar-refractivity contribution >= 4 is 30.0 Å². The van der Waals surface area contributed by atoms with Crippen LogP contribution in [-0.2, 0) is 19.1 Å². The van der Waals surface area contributed by atoms with Gasteiger partial charge in [0.15, 0.2) is 24.5 Å². The lowest BCUT2D eigenvalue weighted by atomic mass is 10.1. The van der Waals surface area contributed by atoms with E-state index < -0.39 is 17.6 Å². The molecule has 0 atom stereocenters. The second-order valence-corrected chi connectivity index (χ2v) is 7.33. The Morgan fingerprint density at radius 1 is 1.41 bits per heavy atom. The Morgan fingerprint density at radius 3 is 2.74 bits per heavy atom. The SMILES string of the molecule is CC(C)(C)OC(=O)N(C1CCNCC1)N1C(C=O)=NC=C2OCC(=O)N=C21. The molecule has 0 aromatic carbocycles. The first-order valence-corrected chi connectivity index (χ1v) is 8.81. The topological polar surface area (TPSA) is 113 Å². The molecule has 2 amide bonds. The zero-order valence-electron chi connectivity index (χ0n) is 15.6. The van der Waals surface area contributed by atoms with Gasteiger partial charge in [-0.25, -0.2) is 19.8 Å². The van der Waals surface area contributed by atoms with Gasteiger partial charge in [-0.2, -0.15) is 4.99 Å². The predicted molar refractivity (Wildman–Crippen MR) is 95.8 cm³/mol. The normalized spacial score (nSPS) is 20.6. The third kappa shape index (κ3) is 4.16. The molecule has 0 spiro atoms. The van der Waals surface area contributed by atoms with E-state index in [1.54, 1.807) is 20.8 Å². The summed E-state index contributed by atoms with van der Waals surface area (Å²) in [5.74, 6) is -0.288. The lowest BCUT2D eigenvalue weighted by molar-refractivity contribution is -0.122. The molecule has 27 heavy (non-hydrogen) atoms. The number of carbonyl (C=O) groups is 3. The second-order valence-electron chi connectivity index (χ2n) is 7.33. The van der Waals surface area contributed by atoms with E-state index in [4.69, 9.17) is 9.47 Å². The number of ether oxygens (including phenoxy) is 2. The second kappa shape index (κ2) is 7.47. The van der Waals surface area contributed by atoms with Crippen molar-refractivity contribution in [3.8, 4) is 0 Å². The van der Waals surface area contributed by atoms with Crippen LogP contribution in [0.2, 0.25) is 0 Å². The number of hydrogen-bond donors (Lipinski definition) is 1. The van der Waals surface area contributed by atoms with Crippen molar-refractivity contribution in [2.45, 2.75) is 45.3 Å². The number of fused-ring (bicyclic) bond motifs is 1. The standard InChI is InChI=1S/C17H23N5O5/c1-17(2,3)27-16(25)21(11-4-6-18-7-5-11)22-13(9-23)19-8-12-15(22)20-14(24)10-26-12/h8-9,11,18H,4-7,10H2,1-3H3. The number of hydrogen-bond acceptors (Lipinski definition) is 8. The van der Waals surface area contributed by atoms with E-state index in [1.807, 2.05) is 0 Å². The maximum absolute atomic E-state index is 13.0. The van der Waals surface area contributed by atoms with Gasteiger partial charge in [-0.15, -0.1) is 0 Å². The van der Waals surface area contributed by atoms with Gasteiger partial charge in [0.25, 0.3) is 5.91 Å². The molecule has 3 aliphatic rings. The Kier molecular flexibility index (Phi) is 5.26. The van der Waals surface area contributed by atoms with Crippen LogP contribution in [0.1, 0.15) is 33.6 Å². The summed E-state index contributed by atoms with van der Waals surface area (Å²) in [6.45, 7) is 6.46. The van der Waals surface area contributed by atoms with Crippen molar-refractivity contribution in [1.82, 2.24) is 15.3 Å². The Morgan fingerprint density at radius 2 is 2.11 bits per heavy atom. The summed E-state index contributed by atoms with van der Waals surface area (Å²) >= 11 is 0. The van der Waals surface area contributed by atoms with E-state index >= 15 is 0 Å². The van der Waals surface area contributed by atoms with Crippen LogP contribution in [-0.4, -0.2) is 71.3 Å². The molecule has 3 rings (SSSR count). The summed E-state index contributed by atoms with van der Waals surface area (Å²) in [6.07, 6.45) is 2.46. The zero-order chi connectivity index (χ0) is 19.6. The van der Waals surface area contributed by atoms with Gasteiger partial charge in [0.2, 0.25) is 5.84 Å². The third-order valence-corrected chi connectivity index (χ3v) is 4.09. The monoisotopic (exact) mass is 377 g/mol. The fraction of sp³-hybridized carbons (Fsp3) is 0.588. The number of aldehydes is 1. The summed E-state index contributed by atoms with van der Waals surface area (Å²) in [6, 6.07) is -0.259. The lowest BCUT2D eigenvalue weighted by Crippen LogP contribution is -2.61. The number of amides is 2. The van der Waals surface area contributed by atoms with Crippen molar-refractivity contribution < 1.29 is 23.9 Å². The third-order valence-electron chi connectivity index (χ3n) is 4.09. The highest BCUT2D eigenvalue weighted by Crippen LogP contribution is 2.25. The number of amidine groups is 2. The molecular weight excluding hydrogens is 354 g/mol. The smallest absolute Gasteiger partial charge is 0.430 e. The van der Waals surface area contributed by atoms with Gasteiger partial charge in [0.05, 0.1) is 12.2 Å². The molecule has 1 fully saturated rings. The summed E-state index contributed by atoms with van der Waals surface area (Å²) in [7, 11) is 0. The molecule has 1 N–H and O–H groups in total. The molecule has 0 aliphatic carbocycles. The largest absolute Gasteiger partial charge is 0.478 e. The first kappa shape index (κ1) is 19.0. The average Bonchev–Trinajstić information content (AvgIpc) is 2.61. The Balaban J connectivity index is 2.03. The first-order chi connectivity index (χ1) is 12.8. The quantitative estimate of drug-likeness (QED) is 0.717. The van der Waals surface area contributed by atoms with E-state index in [9.17, 15) is 14.4 Å². The molecule has 0 aromatic heterocycles. The van der Waals surface area contributed by atoms with E-state index in [1.165, 1.54) is 16.2 Å². The van der Waals surface area contributed by atoms with Gasteiger partial charge in [-0.3, -0.25) is 9.59 Å². The van der Waals surface area contributed by atoms with Crippen molar-refractivity contribution in [2.24, 2.45) is 9.98 Å². The molecule has 0 aromatic rings. The van der Waals surface area contributed by atoms with Crippen molar-refractivity contribution in [3.05, 3.63) is 12.0 Å². The van der Waals surface area contributed by atoms with Crippen LogP contribution in [0.15, 0.2) is 21.9 Å². The molecule has 0 saturated carbocycles. The van der Waals surface area contributed by atoms with Crippen LogP contribution in [0.25, 0.3) is 0 Å². The van der Waals surface area contributed by atoms with Gasteiger partial charge >= 0.3 is 6.09 Å². The molecule has 146 valence electrons. The van der Waals surface area contributed by atoms with Gasteiger partial charge in [-0.05, 0) is 46.7 Å². The first-order valence-electron chi connectivity index (χ1n) is 8.81. The Labute approximate surface area is 156 Å². The predicted octanol–water partition coefficient (Wildman–Crippen LogP) is 0.600. The molecule has 3 aliphatic heterocycles. The van der Waals surface area contributed by atoms with Crippen molar-refractivity contribution in [2.75, 3.05) is 19.7 Å². The zero-order valence-corrected chi connectivity index (χ0v) is 15.6. The van der Waals surface area contributed by atoms with Crippen LogP contribution in [0, 0.1) is 0 Å². The van der Waals surface area contributed by atoms with Crippen LogP contribution < -0.4 is 5.32 Å². The number of nitrogens with one attached hydrogen (secondary N) is 1. The summed E-state index contributed by atoms with van der Waals surface area (Å²) in [4.78, 5) is 44.6. The maximum atomic E-state index is 13.0. The lowest BCUT2D eigenvalue weighted by Gasteiger charge is -2.43. The van der Waals surface area contributed by atoms with E-state index in [0.29, 0.717) is 32.2 Å². The molecule has 0 bridgehead atoms. The maximum Gasteiger partial charge on any atom is 0.430 e. The molecule has 1 saturated heterocycles. The van der Waals surface area contributed by atoms with Crippen LogP contribution in [0.5, 0.6) is 0 Å². The summed E-state index contributed by atoms with van der Waals surface area (Å²) in [5, 5.41) is 5.80. The van der Waals surface area contributed by atoms with E-state index in [-0.39, 0.29) is 30.1 Å². The molecule has 10 heteroatoms. The summed E-state index contributed by atoms with van der Waals surface area (Å²) < 4.78 is 10.9. The minimum atomic E-state index is -0.740. The number of rotatable bonds is 3. The molecule has 10 nitrogen and oxygen atoms in total. The fourth-order valence-corrected chi connectivity index (χ4v) is 2.99. The van der Waals surface area contributed by atoms with Crippen LogP contribution in [0.4, 0.5) is 4.79 Å². The Bertz CT molecular complexity index is 730. The highest BCUT2D eigenvalue weighted by molar-refractivity contribution is 6.34. The van der Waals surface area contributed by atoms with Gasteiger partial charge in [0.1, 0.15) is 5.60 Å². The fourth-order valence-electron chi connectivity index (χ4n) is 2.99. The van der Waals surface area contributed by atoms with Gasteiger partial charge in [-0.1, -0.05) is 0 Å². The summed E-state index contributed by atoms with van der Waals surface area (Å²) in [5.41, 5.74) is -0.740. The average molecular weight is 377 g/mol. The van der Waals surface area contributed by atoms with Crippen LogP contribution >= 0.6 is 0 Å². The van der Waals surface area contributed by atoms with Crippen molar-refractivity contribution in [1.29, 1.82) is 0 Å². The number of carbonyl (C=O) groups excluding carboxylic acids is 3. The molecular formula is C17H23N5O5. The Hall–Kier alpha value is -2.75. The van der Waals surface area contributed by atoms with Crippen molar-refractivity contribution in [3.63, 3.8) is 0 Å². The van der Waals surface area contributed by atoms with Crippen LogP contribution in [0.3, 0.4) is 0 Å². The van der Waals surface area contributed by atoms with Gasteiger partial charge in [0, 0.05) is 0 Å². The highest BCUT2D eigenvalue weighted by Gasteiger charge is 2.41. The highest BCUT2D eigenvalue weighted by atomic mass is 16.6. The number of piperidine rings is 1. The minimum Gasteiger partial charge on any atom is -0.478 e. The molecule has 3 heterocycles. The number of hydrazine groups is 1. The van der Waals surface area contributed by atoms with Gasteiger partial charge < -0.3 is 14.8 Å². The van der Waals surface area contributed by atoms with E-state index in [2.05, 4.69) is 15.3 Å². The number of nitrogens with zero attached hydrogens (tertiary/aromatic N) is 4. The molecule has 0 radical (unpaired) electrons. The van der Waals surface area contributed by atoms with E-state index in [0.717, 1.165) is 0 Å².